The minimum atomic E-state index is -0.0640. The Bertz CT molecular complexity index is 327. The van der Waals surface area contributed by atoms with Gasteiger partial charge in [0.1, 0.15) is 11.5 Å². The van der Waals surface area contributed by atoms with E-state index in [0.717, 1.165) is 12.8 Å². The Morgan fingerprint density at radius 1 is 1.53 bits per heavy atom. The van der Waals surface area contributed by atoms with Gasteiger partial charge in [-0.1, -0.05) is 13.3 Å². The number of carbonyl (C=O) groups is 1. The fourth-order valence-corrected chi connectivity index (χ4v) is 1.64. The molecule has 0 spiro atoms. The van der Waals surface area contributed by atoms with Crippen molar-refractivity contribution in [3.63, 3.8) is 0 Å². The van der Waals surface area contributed by atoms with Gasteiger partial charge in [0, 0.05) is 10.5 Å². The minimum absolute atomic E-state index is 0.0640. The number of unbranched alkanes of at least 4 members (excludes halogenated alkanes) is 1. The van der Waals surface area contributed by atoms with Gasteiger partial charge in [0.2, 0.25) is 0 Å². The number of phenolic OH excluding ortho intramolecular Hbond substituents is 1. The van der Waals surface area contributed by atoms with Gasteiger partial charge < -0.3 is 9.84 Å². The van der Waals surface area contributed by atoms with Crippen LogP contribution in [0.25, 0.3) is 0 Å². The lowest BCUT2D eigenvalue weighted by Crippen LogP contribution is -1.97. The summed E-state index contributed by atoms with van der Waals surface area (Å²) in [6.07, 6.45) is 2.63. The normalized spacial score (nSPS) is 10.0. The molecule has 0 fully saturated rings. The Labute approximate surface area is 97.2 Å². The van der Waals surface area contributed by atoms with Gasteiger partial charge in [0.25, 0.3) is 0 Å². The zero-order valence-electron chi connectivity index (χ0n) is 8.50. The number of halogens is 1. The van der Waals surface area contributed by atoms with Crippen LogP contribution in [0.2, 0.25) is 0 Å². The number of ether oxygens (including phenoxy) is 1. The zero-order chi connectivity index (χ0) is 11.3. The monoisotopic (exact) mass is 272 g/mol. The maximum atomic E-state index is 10.6. The Hall–Kier alpha value is -1.03. The van der Waals surface area contributed by atoms with Gasteiger partial charge in [-0.2, -0.15) is 0 Å². The Morgan fingerprint density at radius 3 is 2.80 bits per heavy atom. The SMILES string of the molecule is CCCCOc1cc(O)c(C=O)c(Br)c1. The van der Waals surface area contributed by atoms with E-state index in [4.69, 9.17) is 4.74 Å². The lowest BCUT2D eigenvalue weighted by Gasteiger charge is -2.08. The summed E-state index contributed by atoms with van der Waals surface area (Å²) >= 11 is 3.20. The van der Waals surface area contributed by atoms with E-state index >= 15 is 0 Å². The summed E-state index contributed by atoms with van der Waals surface area (Å²) in [7, 11) is 0. The average molecular weight is 273 g/mol. The number of rotatable bonds is 5. The van der Waals surface area contributed by atoms with Crippen LogP contribution in [0.15, 0.2) is 16.6 Å². The van der Waals surface area contributed by atoms with E-state index in [9.17, 15) is 9.90 Å². The topological polar surface area (TPSA) is 46.5 Å². The number of carbonyl (C=O) groups excluding carboxylic acids is 1. The van der Waals surface area contributed by atoms with Crippen molar-refractivity contribution in [2.45, 2.75) is 19.8 Å². The molecule has 3 nitrogen and oxygen atoms in total. The van der Waals surface area contributed by atoms with Crippen LogP contribution in [-0.2, 0) is 0 Å². The number of benzene rings is 1. The zero-order valence-corrected chi connectivity index (χ0v) is 10.1. The molecule has 0 saturated carbocycles. The highest BCUT2D eigenvalue weighted by atomic mass is 79.9. The molecule has 0 heterocycles. The molecule has 0 aliphatic rings. The molecule has 0 atom stereocenters. The van der Waals surface area contributed by atoms with Crippen LogP contribution in [0.4, 0.5) is 0 Å². The molecule has 0 bridgehead atoms. The summed E-state index contributed by atoms with van der Waals surface area (Å²) in [6.45, 7) is 2.69. The number of phenols is 1. The average Bonchev–Trinajstić information content (AvgIpc) is 2.18. The highest BCUT2D eigenvalue weighted by Crippen LogP contribution is 2.30. The van der Waals surface area contributed by atoms with Crippen molar-refractivity contribution >= 4 is 22.2 Å². The van der Waals surface area contributed by atoms with Crippen LogP contribution >= 0.6 is 15.9 Å². The molecular formula is C11H13BrO3. The summed E-state index contributed by atoms with van der Waals surface area (Å²) in [4.78, 5) is 10.6. The van der Waals surface area contributed by atoms with Crippen molar-refractivity contribution in [3.8, 4) is 11.5 Å². The molecule has 4 heteroatoms. The molecule has 0 amide bonds. The van der Waals surface area contributed by atoms with E-state index in [1.54, 1.807) is 6.07 Å². The van der Waals surface area contributed by atoms with Crippen molar-refractivity contribution in [1.82, 2.24) is 0 Å². The first-order chi connectivity index (χ1) is 7.19. The Balaban J connectivity index is 2.79. The minimum Gasteiger partial charge on any atom is -0.507 e. The molecule has 82 valence electrons. The van der Waals surface area contributed by atoms with Gasteiger partial charge in [0.15, 0.2) is 6.29 Å². The van der Waals surface area contributed by atoms with Crippen molar-refractivity contribution in [3.05, 3.63) is 22.2 Å². The number of hydrogen-bond donors (Lipinski definition) is 1. The molecule has 15 heavy (non-hydrogen) atoms. The van der Waals surface area contributed by atoms with Gasteiger partial charge in [-0.15, -0.1) is 0 Å². The van der Waals surface area contributed by atoms with E-state index < -0.39 is 0 Å². The van der Waals surface area contributed by atoms with E-state index in [1.807, 2.05) is 0 Å². The van der Waals surface area contributed by atoms with E-state index in [1.165, 1.54) is 6.07 Å². The molecule has 1 aromatic rings. The highest BCUT2D eigenvalue weighted by molar-refractivity contribution is 9.10. The maximum absolute atomic E-state index is 10.6. The second-order valence-corrected chi connectivity index (χ2v) is 4.01. The second-order valence-electron chi connectivity index (χ2n) is 3.16. The van der Waals surface area contributed by atoms with E-state index in [-0.39, 0.29) is 11.3 Å². The summed E-state index contributed by atoms with van der Waals surface area (Å²) in [6, 6.07) is 3.13. The van der Waals surface area contributed by atoms with Crippen LogP contribution in [-0.4, -0.2) is 18.0 Å². The van der Waals surface area contributed by atoms with E-state index in [0.29, 0.717) is 23.1 Å². The lowest BCUT2D eigenvalue weighted by atomic mass is 10.2. The molecule has 1 rings (SSSR count). The van der Waals surface area contributed by atoms with Gasteiger partial charge in [0.05, 0.1) is 12.2 Å². The van der Waals surface area contributed by atoms with Crippen molar-refractivity contribution < 1.29 is 14.6 Å². The van der Waals surface area contributed by atoms with Crippen molar-refractivity contribution in [2.75, 3.05) is 6.61 Å². The third kappa shape index (κ3) is 3.23. The predicted molar refractivity (Wildman–Crippen MR) is 61.6 cm³/mol. The molecule has 0 saturated heterocycles. The first-order valence-corrected chi connectivity index (χ1v) is 5.58. The number of aromatic hydroxyl groups is 1. The second kappa shape index (κ2) is 5.75. The molecule has 0 aliphatic heterocycles. The Morgan fingerprint density at radius 2 is 2.27 bits per heavy atom. The lowest BCUT2D eigenvalue weighted by molar-refractivity contribution is 0.112. The fourth-order valence-electron chi connectivity index (χ4n) is 1.11. The van der Waals surface area contributed by atoms with Gasteiger partial charge in [-0.3, -0.25) is 4.79 Å². The van der Waals surface area contributed by atoms with Crippen LogP contribution < -0.4 is 4.74 Å². The molecule has 1 N–H and O–H groups in total. The maximum Gasteiger partial charge on any atom is 0.154 e. The summed E-state index contributed by atoms with van der Waals surface area (Å²) in [5.41, 5.74) is 0.248. The molecule has 0 aromatic heterocycles. The van der Waals surface area contributed by atoms with Crippen molar-refractivity contribution in [1.29, 1.82) is 0 Å². The molecule has 0 radical (unpaired) electrons. The van der Waals surface area contributed by atoms with Crippen LogP contribution in [0.3, 0.4) is 0 Å². The quantitative estimate of drug-likeness (QED) is 0.662. The van der Waals surface area contributed by atoms with Crippen LogP contribution in [0.5, 0.6) is 11.5 Å². The first-order valence-electron chi connectivity index (χ1n) is 4.79. The largest absolute Gasteiger partial charge is 0.507 e. The smallest absolute Gasteiger partial charge is 0.154 e. The van der Waals surface area contributed by atoms with Gasteiger partial charge in [-0.25, -0.2) is 0 Å². The number of hydrogen-bond acceptors (Lipinski definition) is 3. The van der Waals surface area contributed by atoms with Crippen LogP contribution in [0, 0.1) is 0 Å². The van der Waals surface area contributed by atoms with E-state index in [2.05, 4.69) is 22.9 Å². The molecule has 0 unspecified atom stereocenters. The fraction of sp³-hybridized carbons (Fsp3) is 0.364. The third-order valence-electron chi connectivity index (χ3n) is 1.97. The van der Waals surface area contributed by atoms with Crippen molar-refractivity contribution in [2.24, 2.45) is 0 Å². The van der Waals surface area contributed by atoms with Gasteiger partial charge in [-0.05, 0) is 28.4 Å². The Kier molecular flexibility index (Phi) is 4.62. The number of aldehydes is 1. The predicted octanol–water partition coefficient (Wildman–Crippen LogP) is 3.15. The summed E-state index contributed by atoms with van der Waals surface area (Å²) < 4.78 is 5.95. The standard InChI is InChI=1S/C11H13BrO3/c1-2-3-4-15-8-5-10(12)9(7-13)11(14)6-8/h5-7,14H,2-4H2,1H3. The molecule has 1 aromatic carbocycles. The summed E-state index contributed by atoms with van der Waals surface area (Å²) in [5.74, 6) is 0.504. The molecular weight excluding hydrogens is 260 g/mol. The van der Waals surface area contributed by atoms with Crippen LogP contribution in [0.1, 0.15) is 30.1 Å². The third-order valence-corrected chi connectivity index (χ3v) is 2.62. The highest BCUT2D eigenvalue weighted by Gasteiger charge is 2.08. The first kappa shape index (κ1) is 12.0. The summed E-state index contributed by atoms with van der Waals surface area (Å²) in [5, 5.41) is 9.49. The van der Waals surface area contributed by atoms with Gasteiger partial charge >= 0.3 is 0 Å². The molecule has 0 aliphatic carbocycles.